The van der Waals surface area contributed by atoms with E-state index in [0.717, 1.165) is 17.7 Å². The van der Waals surface area contributed by atoms with E-state index in [2.05, 4.69) is 5.32 Å². The van der Waals surface area contributed by atoms with E-state index in [1.54, 1.807) is 32.0 Å². The highest BCUT2D eigenvalue weighted by atomic mass is 35.5. The van der Waals surface area contributed by atoms with Crippen LogP contribution in [0.4, 0.5) is 18.9 Å². The highest BCUT2D eigenvalue weighted by Crippen LogP contribution is 2.38. The number of hydrogen-bond donors (Lipinski definition) is 1. The molecule has 12 heteroatoms. The molecule has 0 saturated heterocycles. The Kier molecular flexibility index (Phi) is 10.4. The minimum Gasteiger partial charge on any atom is -0.355 e. The molecular weight excluding hydrogens is 579 g/mol. The largest absolute Gasteiger partial charge is 0.417 e. The van der Waals surface area contributed by atoms with Gasteiger partial charge in [0.05, 0.1) is 21.2 Å². The Morgan fingerprint density at radius 1 is 0.976 bits per heavy atom. The van der Waals surface area contributed by atoms with E-state index in [1.165, 1.54) is 29.2 Å². The molecule has 1 unspecified atom stereocenters. The smallest absolute Gasteiger partial charge is 0.355 e. The molecule has 3 aromatic carbocycles. The van der Waals surface area contributed by atoms with Crippen LogP contribution in [0.2, 0.25) is 5.02 Å². The van der Waals surface area contributed by atoms with E-state index in [1.807, 2.05) is 19.1 Å². The highest BCUT2D eigenvalue weighted by Gasteiger charge is 2.37. The number of anilines is 1. The lowest BCUT2D eigenvalue weighted by Gasteiger charge is -2.33. The Labute approximate surface area is 243 Å². The number of aryl methyl sites for hydroxylation is 1. The third kappa shape index (κ3) is 7.80. The number of alkyl halides is 3. The fraction of sp³-hybridized carbons (Fsp3) is 0.310. The molecule has 41 heavy (non-hydrogen) atoms. The molecule has 0 aliphatic rings. The number of benzene rings is 3. The van der Waals surface area contributed by atoms with Gasteiger partial charge in [-0.2, -0.15) is 13.2 Å². The van der Waals surface area contributed by atoms with E-state index >= 15 is 0 Å². The van der Waals surface area contributed by atoms with E-state index in [-0.39, 0.29) is 17.9 Å². The summed E-state index contributed by atoms with van der Waals surface area (Å²) in [6.07, 6.45) is -4.66. The van der Waals surface area contributed by atoms with Crippen LogP contribution in [-0.4, -0.2) is 44.3 Å². The zero-order chi connectivity index (χ0) is 30.4. The molecular formula is C29H31ClF3N3O4S. The second-order valence-corrected chi connectivity index (χ2v) is 11.6. The predicted molar refractivity (Wildman–Crippen MR) is 152 cm³/mol. The van der Waals surface area contributed by atoms with Gasteiger partial charge in [0.15, 0.2) is 0 Å². The summed E-state index contributed by atoms with van der Waals surface area (Å²) in [6, 6.07) is 16.0. The summed E-state index contributed by atoms with van der Waals surface area (Å²) < 4.78 is 69.3. The number of sulfonamides is 1. The SMILES string of the molecule is CCNC(=O)C(CC)N(Cc1cccc(C)c1)C(=O)CN(c1ccc(Cl)c(C(F)(F)F)c1)S(=O)(=O)c1ccccc1. The van der Waals surface area contributed by atoms with Crippen molar-refractivity contribution in [1.82, 2.24) is 10.2 Å². The number of halogens is 4. The van der Waals surface area contributed by atoms with Crippen LogP contribution in [0.3, 0.4) is 0 Å². The molecule has 220 valence electrons. The molecule has 3 rings (SSSR count). The second-order valence-electron chi connectivity index (χ2n) is 9.32. The normalized spacial score (nSPS) is 12.5. The predicted octanol–water partition coefficient (Wildman–Crippen LogP) is 5.81. The summed E-state index contributed by atoms with van der Waals surface area (Å²) in [6.45, 7) is 4.72. The maximum Gasteiger partial charge on any atom is 0.417 e. The average molecular weight is 610 g/mol. The van der Waals surface area contributed by atoms with Crippen LogP contribution in [0.25, 0.3) is 0 Å². The van der Waals surface area contributed by atoms with Gasteiger partial charge >= 0.3 is 6.18 Å². The zero-order valence-electron chi connectivity index (χ0n) is 22.8. The molecule has 0 aliphatic heterocycles. The topological polar surface area (TPSA) is 86.8 Å². The van der Waals surface area contributed by atoms with Crippen molar-refractivity contribution < 1.29 is 31.2 Å². The monoisotopic (exact) mass is 609 g/mol. The summed E-state index contributed by atoms with van der Waals surface area (Å²) in [4.78, 5) is 27.9. The van der Waals surface area contributed by atoms with Crippen molar-refractivity contribution >= 4 is 39.1 Å². The van der Waals surface area contributed by atoms with Crippen molar-refractivity contribution in [2.45, 2.75) is 50.9 Å². The summed E-state index contributed by atoms with van der Waals surface area (Å²) in [5, 5.41) is 2.08. The van der Waals surface area contributed by atoms with Crippen LogP contribution in [0, 0.1) is 6.92 Å². The van der Waals surface area contributed by atoms with Gasteiger partial charge in [-0.25, -0.2) is 8.42 Å². The number of rotatable bonds is 11. The Hall–Kier alpha value is -3.57. The number of carbonyl (C=O) groups is 2. The number of nitrogens with one attached hydrogen (secondary N) is 1. The second kappa shape index (κ2) is 13.4. The van der Waals surface area contributed by atoms with Crippen LogP contribution in [0.15, 0.2) is 77.7 Å². The van der Waals surface area contributed by atoms with Gasteiger partial charge in [-0.15, -0.1) is 0 Å². The van der Waals surface area contributed by atoms with Crippen LogP contribution in [-0.2, 0) is 32.3 Å². The van der Waals surface area contributed by atoms with Gasteiger partial charge in [0.2, 0.25) is 11.8 Å². The Bertz CT molecular complexity index is 1480. The van der Waals surface area contributed by atoms with E-state index in [0.29, 0.717) is 22.5 Å². The summed E-state index contributed by atoms with van der Waals surface area (Å²) in [5.74, 6) is -1.20. The molecule has 3 aromatic rings. The number of amides is 2. The van der Waals surface area contributed by atoms with E-state index in [9.17, 15) is 31.2 Å². The lowest BCUT2D eigenvalue weighted by atomic mass is 10.1. The third-order valence-electron chi connectivity index (χ3n) is 6.33. The number of carbonyl (C=O) groups excluding carboxylic acids is 2. The molecule has 0 bridgehead atoms. The van der Waals surface area contributed by atoms with Crippen LogP contribution < -0.4 is 9.62 Å². The minimum atomic E-state index is -4.87. The Morgan fingerprint density at radius 2 is 1.66 bits per heavy atom. The molecule has 1 N–H and O–H groups in total. The lowest BCUT2D eigenvalue weighted by molar-refractivity contribution is -0.140. The van der Waals surface area contributed by atoms with Gasteiger partial charge in [0.25, 0.3) is 10.0 Å². The zero-order valence-corrected chi connectivity index (χ0v) is 24.4. The number of nitrogens with zero attached hydrogens (tertiary/aromatic N) is 2. The molecule has 0 aliphatic carbocycles. The van der Waals surface area contributed by atoms with E-state index < -0.39 is 56.9 Å². The fourth-order valence-corrected chi connectivity index (χ4v) is 6.00. The molecule has 0 fully saturated rings. The molecule has 1 atom stereocenters. The quantitative estimate of drug-likeness (QED) is 0.297. The molecule has 0 aromatic heterocycles. The van der Waals surface area contributed by atoms with Crippen LogP contribution in [0.5, 0.6) is 0 Å². The molecule has 2 amide bonds. The third-order valence-corrected chi connectivity index (χ3v) is 8.44. The molecule has 7 nitrogen and oxygen atoms in total. The number of likely N-dealkylation sites (N-methyl/N-ethyl adjacent to an activating group) is 1. The minimum absolute atomic E-state index is 0.0240. The van der Waals surface area contributed by atoms with Crippen LogP contribution in [0.1, 0.15) is 37.0 Å². The van der Waals surface area contributed by atoms with E-state index in [4.69, 9.17) is 11.6 Å². The fourth-order valence-electron chi connectivity index (χ4n) is 4.35. The molecule has 0 radical (unpaired) electrons. The van der Waals surface area contributed by atoms with Crippen molar-refractivity contribution in [3.63, 3.8) is 0 Å². The Balaban J connectivity index is 2.14. The first-order valence-corrected chi connectivity index (χ1v) is 14.7. The maximum absolute atomic E-state index is 13.9. The average Bonchev–Trinajstić information content (AvgIpc) is 2.92. The summed E-state index contributed by atoms with van der Waals surface area (Å²) in [5.41, 5.74) is -0.0391. The van der Waals surface area contributed by atoms with Crippen molar-refractivity contribution in [2.75, 3.05) is 17.4 Å². The highest BCUT2D eigenvalue weighted by molar-refractivity contribution is 7.92. The maximum atomic E-state index is 13.9. The standard InChI is InChI=1S/C29H31ClF3N3O4S/c1-4-26(28(38)34-5-2)35(18-21-11-9-10-20(3)16-21)27(37)19-36(41(39,40)23-12-7-6-8-13-23)22-14-15-25(30)24(17-22)29(31,32)33/h6-17,26H,4-5,18-19H2,1-3H3,(H,34,38). The first-order chi connectivity index (χ1) is 19.3. The van der Waals surface area contributed by atoms with Gasteiger partial charge in [0.1, 0.15) is 12.6 Å². The van der Waals surface area contributed by atoms with Gasteiger partial charge in [0, 0.05) is 13.1 Å². The lowest BCUT2D eigenvalue weighted by Crippen LogP contribution is -2.52. The van der Waals surface area contributed by atoms with Gasteiger partial charge in [-0.05, 0) is 56.2 Å². The van der Waals surface area contributed by atoms with Gasteiger partial charge in [-0.3, -0.25) is 13.9 Å². The first kappa shape index (κ1) is 32.0. The van der Waals surface area contributed by atoms with Gasteiger partial charge in [-0.1, -0.05) is 66.6 Å². The Morgan fingerprint density at radius 3 is 2.24 bits per heavy atom. The van der Waals surface area contributed by atoms with Crippen molar-refractivity contribution in [3.8, 4) is 0 Å². The van der Waals surface area contributed by atoms with Crippen molar-refractivity contribution in [3.05, 3.63) is 94.5 Å². The molecule has 0 saturated carbocycles. The van der Waals surface area contributed by atoms with Crippen LogP contribution >= 0.6 is 11.6 Å². The molecule has 0 spiro atoms. The van der Waals surface area contributed by atoms with Crippen molar-refractivity contribution in [2.24, 2.45) is 0 Å². The summed E-state index contributed by atoms with van der Waals surface area (Å²) >= 11 is 5.79. The van der Waals surface area contributed by atoms with Gasteiger partial charge < -0.3 is 10.2 Å². The van der Waals surface area contributed by atoms with Crippen molar-refractivity contribution in [1.29, 1.82) is 0 Å². The summed E-state index contributed by atoms with van der Waals surface area (Å²) in [7, 11) is -4.53. The number of hydrogen-bond acceptors (Lipinski definition) is 4. The first-order valence-electron chi connectivity index (χ1n) is 12.9. The molecule has 0 heterocycles.